The summed E-state index contributed by atoms with van der Waals surface area (Å²) in [5.74, 6) is 6.14. The van der Waals surface area contributed by atoms with E-state index in [2.05, 4.69) is 30.7 Å². The van der Waals surface area contributed by atoms with E-state index in [-0.39, 0.29) is 0 Å². The molecule has 0 atom stereocenters. The Morgan fingerprint density at radius 1 is 1.31 bits per heavy atom. The van der Waals surface area contributed by atoms with Crippen molar-refractivity contribution in [3.8, 4) is 11.8 Å². The topological polar surface area (TPSA) is 12.9 Å². The number of aromatic nitrogens is 1. The Morgan fingerprint density at radius 2 is 2.08 bits per heavy atom. The van der Waals surface area contributed by atoms with Crippen molar-refractivity contribution >= 4 is 0 Å². The summed E-state index contributed by atoms with van der Waals surface area (Å²) < 4.78 is 0. The van der Waals surface area contributed by atoms with Crippen LogP contribution in [-0.4, -0.2) is 4.98 Å². The molecule has 0 aliphatic rings. The number of rotatable bonds is 0. The highest BCUT2D eigenvalue weighted by Crippen LogP contribution is 2.00. The minimum absolute atomic E-state index is 0.961. The zero-order chi connectivity index (χ0) is 9.68. The van der Waals surface area contributed by atoms with Crippen LogP contribution in [0.2, 0.25) is 0 Å². The van der Waals surface area contributed by atoms with Gasteiger partial charge in [-0.1, -0.05) is 17.4 Å². The molecule has 0 amide bonds. The fourth-order valence-corrected chi connectivity index (χ4v) is 0.728. The van der Waals surface area contributed by atoms with Gasteiger partial charge in [0.05, 0.1) is 0 Å². The van der Waals surface area contributed by atoms with Crippen LogP contribution in [0.1, 0.15) is 26.3 Å². The second kappa shape index (κ2) is 4.47. The Hall–Kier alpha value is -1.55. The largest absolute Gasteiger partial charge is 0.263 e. The summed E-state index contributed by atoms with van der Waals surface area (Å²) in [7, 11) is 0. The highest BCUT2D eigenvalue weighted by Gasteiger charge is 1.85. The van der Waals surface area contributed by atoms with Gasteiger partial charge in [-0.2, -0.15) is 0 Å². The molecular formula is C12H13N. The lowest BCUT2D eigenvalue weighted by Crippen LogP contribution is -1.77. The lowest BCUT2D eigenvalue weighted by atomic mass is 10.2. The molecule has 1 rings (SSSR count). The fraction of sp³-hybridized carbons (Fsp3) is 0.250. The van der Waals surface area contributed by atoms with E-state index in [0.717, 1.165) is 11.1 Å². The van der Waals surface area contributed by atoms with E-state index >= 15 is 0 Å². The van der Waals surface area contributed by atoms with Crippen LogP contribution >= 0.6 is 0 Å². The van der Waals surface area contributed by atoms with Crippen LogP contribution in [0, 0.1) is 11.8 Å². The molecule has 0 saturated heterocycles. The van der Waals surface area contributed by atoms with Crippen LogP contribution in [0.25, 0.3) is 0 Å². The molecule has 1 heterocycles. The van der Waals surface area contributed by atoms with E-state index in [0.29, 0.717) is 0 Å². The lowest BCUT2D eigenvalue weighted by Gasteiger charge is -1.91. The van der Waals surface area contributed by atoms with Gasteiger partial charge in [-0.15, -0.1) is 0 Å². The van der Waals surface area contributed by atoms with Gasteiger partial charge in [-0.05, 0) is 38.5 Å². The van der Waals surface area contributed by atoms with Crippen molar-refractivity contribution in [2.24, 2.45) is 0 Å². The van der Waals surface area contributed by atoms with E-state index in [4.69, 9.17) is 0 Å². The third-order valence-electron chi connectivity index (χ3n) is 1.81. The fourth-order valence-electron chi connectivity index (χ4n) is 0.728. The summed E-state index contributed by atoms with van der Waals surface area (Å²) >= 11 is 0. The molecule has 0 fully saturated rings. The molecule has 0 N–H and O–H groups in total. The van der Waals surface area contributed by atoms with Gasteiger partial charge >= 0.3 is 0 Å². The summed E-state index contributed by atoms with van der Waals surface area (Å²) in [6, 6.07) is 3.85. The first kappa shape index (κ1) is 9.54. The summed E-state index contributed by atoms with van der Waals surface area (Å²) in [5, 5.41) is 0. The van der Waals surface area contributed by atoms with Crippen LogP contribution in [-0.2, 0) is 0 Å². The average Bonchev–Trinajstić information content (AvgIpc) is 2.15. The molecule has 66 valence electrons. The van der Waals surface area contributed by atoms with Gasteiger partial charge < -0.3 is 0 Å². The molecule has 0 aromatic carbocycles. The zero-order valence-corrected chi connectivity index (χ0v) is 8.26. The number of pyridine rings is 1. The molecule has 0 bridgehead atoms. The number of allylic oxidation sites excluding steroid dienone is 2. The minimum atomic E-state index is 0.961. The molecule has 1 nitrogen and oxygen atoms in total. The standard InChI is InChI=1S/C12H13N/c1-10(2)11(3)6-7-12-5-4-8-13-9-12/h4-5,8-9H,1-3H3. The highest BCUT2D eigenvalue weighted by molar-refractivity contribution is 5.39. The quantitative estimate of drug-likeness (QED) is 0.547. The molecule has 1 aromatic rings. The molecule has 0 spiro atoms. The van der Waals surface area contributed by atoms with Crippen LogP contribution in [0.3, 0.4) is 0 Å². The maximum Gasteiger partial charge on any atom is 0.0432 e. The normalized spacial score (nSPS) is 8.54. The van der Waals surface area contributed by atoms with Gasteiger partial charge in [0.1, 0.15) is 0 Å². The van der Waals surface area contributed by atoms with E-state index in [1.165, 1.54) is 5.57 Å². The van der Waals surface area contributed by atoms with Crippen molar-refractivity contribution in [3.05, 3.63) is 41.2 Å². The summed E-state index contributed by atoms with van der Waals surface area (Å²) in [6.07, 6.45) is 3.52. The smallest absolute Gasteiger partial charge is 0.0432 e. The zero-order valence-electron chi connectivity index (χ0n) is 8.26. The van der Waals surface area contributed by atoms with Gasteiger partial charge in [-0.25, -0.2) is 0 Å². The molecule has 0 aliphatic heterocycles. The van der Waals surface area contributed by atoms with Crippen molar-refractivity contribution in [2.45, 2.75) is 20.8 Å². The number of hydrogen-bond acceptors (Lipinski definition) is 1. The van der Waals surface area contributed by atoms with Crippen molar-refractivity contribution < 1.29 is 0 Å². The van der Waals surface area contributed by atoms with Gasteiger partial charge in [-0.3, -0.25) is 4.98 Å². The van der Waals surface area contributed by atoms with Gasteiger partial charge in [0.25, 0.3) is 0 Å². The molecular weight excluding hydrogens is 158 g/mol. The van der Waals surface area contributed by atoms with E-state index in [1.54, 1.807) is 12.4 Å². The van der Waals surface area contributed by atoms with Crippen molar-refractivity contribution in [1.29, 1.82) is 0 Å². The Kier molecular flexibility index (Phi) is 3.28. The van der Waals surface area contributed by atoms with E-state index < -0.39 is 0 Å². The first-order chi connectivity index (χ1) is 6.20. The molecule has 0 aliphatic carbocycles. The van der Waals surface area contributed by atoms with Crippen molar-refractivity contribution in [1.82, 2.24) is 4.98 Å². The third-order valence-corrected chi connectivity index (χ3v) is 1.81. The summed E-state index contributed by atoms with van der Waals surface area (Å²) in [5.41, 5.74) is 3.35. The molecule has 0 saturated carbocycles. The third kappa shape index (κ3) is 3.13. The van der Waals surface area contributed by atoms with Crippen LogP contribution in [0.5, 0.6) is 0 Å². The Labute approximate surface area is 79.5 Å². The molecule has 0 unspecified atom stereocenters. The average molecular weight is 171 g/mol. The summed E-state index contributed by atoms with van der Waals surface area (Å²) in [4.78, 5) is 3.99. The molecule has 1 heteroatoms. The van der Waals surface area contributed by atoms with E-state index in [1.807, 2.05) is 19.1 Å². The molecule has 0 radical (unpaired) electrons. The second-order valence-corrected chi connectivity index (χ2v) is 3.12. The van der Waals surface area contributed by atoms with Crippen LogP contribution < -0.4 is 0 Å². The Bertz CT molecular complexity index is 359. The van der Waals surface area contributed by atoms with E-state index in [9.17, 15) is 0 Å². The Balaban J connectivity index is 2.86. The molecule has 13 heavy (non-hydrogen) atoms. The Morgan fingerprint density at radius 3 is 2.62 bits per heavy atom. The number of hydrogen-bond donors (Lipinski definition) is 0. The maximum absolute atomic E-state index is 3.99. The summed E-state index contributed by atoms with van der Waals surface area (Å²) in [6.45, 7) is 6.15. The minimum Gasteiger partial charge on any atom is -0.263 e. The van der Waals surface area contributed by atoms with Gasteiger partial charge in [0, 0.05) is 18.0 Å². The SMILES string of the molecule is CC(C)=C(C)C#Cc1cccnc1. The van der Waals surface area contributed by atoms with Gasteiger partial charge in [0.15, 0.2) is 0 Å². The van der Waals surface area contributed by atoms with Crippen molar-refractivity contribution in [2.75, 3.05) is 0 Å². The maximum atomic E-state index is 3.99. The highest BCUT2D eigenvalue weighted by atomic mass is 14.6. The predicted octanol–water partition coefficient (Wildman–Crippen LogP) is 2.79. The monoisotopic (exact) mass is 171 g/mol. The van der Waals surface area contributed by atoms with Crippen LogP contribution in [0.4, 0.5) is 0 Å². The lowest BCUT2D eigenvalue weighted by molar-refractivity contribution is 1.30. The molecule has 1 aromatic heterocycles. The number of nitrogens with zero attached hydrogens (tertiary/aromatic N) is 1. The first-order valence-corrected chi connectivity index (χ1v) is 4.26. The van der Waals surface area contributed by atoms with Crippen LogP contribution in [0.15, 0.2) is 35.7 Å². The predicted molar refractivity (Wildman–Crippen MR) is 55.2 cm³/mol. The first-order valence-electron chi connectivity index (χ1n) is 4.26. The van der Waals surface area contributed by atoms with Crippen molar-refractivity contribution in [3.63, 3.8) is 0 Å². The van der Waals surface area contributed by atoms with Gasteiger partial charge in [0.2, 0.25) is 0 Å². The second-order valence-electron chi connectivity index (χ2n) is 3.12.